The average Bonchev–Trinajstić information content (AvgIpc) is 2.42. The molecule has 1 aromatic carbocycles. The number of hydrogen-bond donors (Lipinski definition) is 2. The van der Waals surface area contributed by atoms with E-state index in [1.165, 1.54) is 0 Å². The van der Waals surface area contributed by atoms with Gasteiger partial charge >= 0.3 is 0 Å². The SMILES string of the molecule is COc1cccc(COC(C)C(=O)NCCN)c1.Cl. The number of methoxy groups -OCH3 is 1. The Morgan fingerprint density at radius 2 is 2.21 bits per heavy atom. The molecule has 1 unspecified atom stereocenters. The molecule has 1 amide bonds. The molecule has 19 heavy (non-hydrogen) atoms. The second-order valence-corrected chi connectivity index (χ2v) is 3.88. The molecule has 1 aromatic rings. The van der Waals surface area contributed by atoms with Gasteiger partial charge in [-0.2, -0.15) is 0 Å². The zero-order valence-corrected chi connectivity index (χ0v) is 12.0. The molecule has 0 spiro atoms. The molecule has 1 rings (SSSR count). The van der Waals surface area contributed by atoms with Crippen molar-refractivity contribution >= 4 is 18.3 Å². The van der Waals surface area contributed by atoms with Crippen molar-refractivity contribution in [1.29, 1.82) is 0 Å². The molecule has 0 saturated carbocycles. The first-order valence-corrected chi connectivity index (χ1v) is 5.89. The Bertz CT molecular complexity index is 388. The summed E-state index contributed by atoms with van der Waals surface area (Å²) in [6, 6.07) is 7.55. The van der Waals surface area contributed by atoms with Gasteiger partial charge in [0.05, 0.1) is 13.7 Å². The van der Waals surface area contributed by atoms with Gasteiger partial charge in [-0.15, -0.1) is 12.4 Å². The minimum Gasteiger partial charge on any atom is -0.497 e. The van der Waals surface area contributed by atoms with Crippen molar-refractivity contribution in [2.24, 2.45) is 5.73 Å². The van der Waals surface area contributed by atoms with Crippen LogP contribution < -0.4 is 15.8 Å². The molecule has 0 bridgehead atoms. The van der Waals surface area contributed by atoms with Crippen LogP contribution in [0.2, 0.25) is 0 Å². The van der Waals surface area contributed by atoms with E-state index in [2.05, 4.69) is 5.32 Å². The lowest BCUT2D eigenvalue weighted by Crippen LogP contribution is -2.37. The van der Waals surface area contributed by atoms with Crippen molar-refractivity contribution in [3.05, 3.63) is 29.8 Å². The van der Waals surface area contributed by atoms with Crippen LogP contribution in [0.25, 0.3) is 0 Å². The zero-order valence-electron chi connectivity index (χ0n) is 11.2. The minimum absolute atomic E-state index is 0. The topological polar surface area (TPSA) is 73.6 Å². The Labute approximate surface area is 119 Å². The number of rotatable bonds is 7. The van der Waals surface area contributed by atoms with E-state index in [0.29, 0.717) is 19.7 Å². The van der Waals surface area contributed by atoms with Crippen LogP contribution >= 0.6 is 12.4 Å². The Hall–Kier alpha value is -1.30. The van der Waals surface area contributed by atoms with Crippen molar-refractivity contribution in [2.75, 3.05) is 20.2 Å². The molecule has 5 nitrogen and oxygen atoms in total. The molecular weight excluding hydrogens is 268 g/mol. The van der Waals surface area contributed by atoms with E-state index in [4.69, 9.17) is 15.2 Å². The van der Waals surface area contributed by atoms with Crippen LogP contribution in [0.5, 0.6) is 5.75 Å². The maximum Gasteiger partial charge on any atom is 0.248 e. The number of halogens is 1. The second-order valence-electron chi connectivity index (χ2n) is 3.88. The quantitative estimate of drug-likeness (QED) is 0.788. The third kappa shape index (κ3) is 6.42. The molecule has 0 heterocycles. The number of nitrogens with one attached hydrogen (secondary N) is 1. The first-order valence-electron chi connectivity index (χ1n) is 5.89. The number of benzene rings is 1. The standard InChI is InChI=1S/C13H20N2O3.ClH/c1-10(13(16)15-7-6-14)18-9-11-4-3-5-12(8-11)17-2;/h3-5,8,10H,6-7,9,14H2,1-2H3,(H,15,16);1H. The van der Waals surface area contributed by atoms with E-state index >= 15 is 0 Å². The van der Waals surface area contributed by atoms with Crippen molar-refractivity contribution in [1.82, 2.24) is 5.32 Å². The molecule has 0 aliphatic heterocycles. The van der Waals surface area contributed by atoms with Gasteiger partial charge in [0.1, 0.15) is 11.9 Å². The van der Waals surface area contributed by atoms with E-state index < -0.39 is 6.10 Å². The Balaban J connectivity index is 0.00000324. The van der Waals surface area contributed by atoms with Crippen LogP contribution in [0.1, 0.15) is 12.5 Å². The molecule has 0 aliphatic carbocycles. The lowest BCUT2D eigenvalue weighted by molar-refractivity contribution is -0.132. The van der Waals surface area contributed by atoms with E-state index in [1.54, 1.807) is 14.0 Å². The van der Waals surface area contributed by atoms with E-state index in [1.807, 2.05) is 24.3 Å². The summed E-state index contributed by atoms with van der Waals surface area (Å²) in [6.07, 6.45) is -0.497. The summed E-state index contributed by atoms with van der Waals surface area (Å²) >= 11 is 0. The Morgan fingerprint density at radius 1 is 1.47 bits per heavy atom. The number of amides is 1. The largest absolute Gasteiger partial charge is 0.497 e. The highest BCUT2D eigenvalue weighted by atomic mass is 35.5. The normalized spacial score (nSPS) is 11.3. The molecule has 0 saturated heterocycles. The fourth-order valence-electron chi connectivity index (χ4n) is 1.40. The predicted molar refractivity (Wildman–Crippen MR) is 76.6 cm³/mol. The summed E-state index contributed by atoms with van der Waals surface area (Å²) in [7, 11) is 1.61. The van der Waals surface area contributed by atoms with Gasteiger partial charge in [0.25, 0.3) is 0 Å². The lowest BCUT2D eigenvalue weighted by Gasteiger charge is -2.13. The third-order valence-electron chi connectivity index (χ3n) is 2.45. The molecule has 0 fully saturated rings. The van der Waals surface area contributed by atoms with E-state index in [0.717, 1.165) is 11.3 Å². The predicted octanol–water partition coefficient (Wildman–Crippen LogP) is 1.10. The molecule has 6 heteroatoms. The summed E-state index contributed by atoms with van der Waals surface area (Å²) in [5.74, 6) is 0.625. The molecule has 0 aliphatic rings. The molecule has 3 N–H and O–H groups in total. The van der Waals surface area contributed by atoms with E-state index in [9.17, 15) is 4.79 Å². The highest BCUT2D eigenvalue weighted by Crippen LogP contribution is 2.13. The fourth-order valence-corrected chi connectivity index (χ4v) is 1.40. The van der Waals surface area contributed by atoms with Gasteiger partial charge in [-0.05, 0) is 24.6 Å². The van der Waals surface area contributed by atoms with Crippen LogP contribution in [0, 0.1) is 0 Å². The van der Waals surface area contributed by atoms with Gasteiger partial charge < -0.3 is 20.5 Å². The highest BCUT2D eigenvalue weighted by Gasteiger charge is 2.12. The molecular formula is C13H21ClN2O3. The zero-order chi connectivity index (χ0) is 13.4. The van der Waals surface area contributed by atoms with Gasteiger partial charge in [0, 0.05) is 13.1 Å². The first kappa shape index (κ1) is 17.7. The summed E-state index contributed by atoms with van der Waals surface area (Å²) < 4.78 is 10.6. The lowest BCUT2D eigenvalue weighted by atomic mass is 10.2. The van der Waals surface area contributed by atoms with Gasteiger partial charge in [-0.3, -0.25) is 4.79 Å². The third-order valence-corrected chi connectivity index (χ3v) is 2.45. The van der Waals surface area contributed by atoms with Crippen molar-refractivity contribution < 1.29 is 14.3 Å². The van der Waals surface area contributed by atoms with Gasteiger partial charge in [0.2, 0.25) is 5.91 Å². The fraction of sp³-hybridized carbons (Fsp3) is 0.462. The van der Waals surface area contributed by atoms with Crippen LogP contribution in [-0.4, -0.2) is 32.2 Å². The number of ether oxygens (including phenoxy) is 2. The van der Waals surface area contributed by atoms with Crippen LogP contribution in [0.4, 0.5) is 0 Å². The van der Waals surface area contributed by atoms with Crippen LogP contribution in [-0.2, 0) is 16.1 Å². The Morgan fingerprint density at radius 3 is 2.84 bits per heavy atom. The number of carbonyl (C=O) groups excluding carboxylic acids is 1. The molecule has 0 aromatic heterocycles. The maximum atomic E-state index is 11.5. The van der Waals surface area contributed by atoms with Crippen molar-refractivity contribution in [3.63, 3.8) is 0 Å². The highest BCUT2D eigenvalue weighted by molar-refractivity contribution is 5.85. The second kappa shape index (κ2) is 9.61. The number of nitrogens with two attached hydrogens (primary N) is 1. The van der Waals surface area contributed by atoms with E-state index in [-0.39, 0.29) is 18.3 Å². The molecule has 108 valence electrons. The van der Waals surface area contributed by atoms with Crippen LogP contribution in [0.3, 0.4) is 0 Å². The van der Waals surface area contributed by atoms with Gasteiger partial charge in [0.15, 0.2) is 0 Å². The summed E-state index contributed by atoms with van der Waals surface area (Å²) in [5, 5.41) is 2.68. The summed E-state index contributed by atoms with van der Waals surface area (Å²) in [6.45, 7) is 2.97. The molecule has 0 radical (unpaired) electrons. The first-order chi connectivity index (χ1) is 8.67. The smallest absolute Gasteiger partial charge is 0.248 e. The summed E-state index contributed by atoms with van der Waals surface area (Å²) in [4.78, 5) is 11.5. The van der Waals surface area contributed by atoms with Crippen molar-refractivity contribution in [3.8, 4) is 5.75 Å². The van der Waals surface area contributed by atoms with Crippen molar-refractivity contribution in [2.45, 2.75) is 19.6 Å². The average molecular weight is 289 g/mol. The minimum atomic E-state index is -0.497. The number of hydrogen-bond acceptors (Lipinski definition) is 4. The summed E-state index contributed by atoms with van der Waals surface area (Å²) in [5.41, 5.74) is 6.27. The van der Waals surface area contributed by atoms with Gasteiger partial charge in [-0.25, -0.2) is 0 Å². The van der Waals surface area contributed by atoms with Crippen LogP contribution in [0.15, 0.2) is 24.3 Å². The maximum absolute atomic E-state index is 11.5. The molecule has 1 atom stereocenters. The Kier molecular flexibility index (Phi) is 8.95. The monoisotopic (exact) mass is 288 g/mol. The van der Waals surface area contributed by atoms with Gasteiger partial charge in [-0.1, -0.05) is 12.1 Å². The number of carbonyl (C=O) groups is 1.